The third kappa shape index (κ3) is 4.07. The van der Waals surface area contributed by atoms with E-state index in [1.807, 2.05) is 37.9 Å². The Hall–Kier alpha value is -2.34. The number of hydrogen-bond acceptors (Lipinski definition) is 5. The normalized spacial score (nSPS) is 15.3. The van der Waals surface area contributed by atoms with Crippen LogP contribution in [0.5, 0.6) is 0 Å². The van der Waals surface area contributed by atoms with Crippen molar-refractivity contribution in [3.8, 4) is 0 Å². The number of rotatable bonds is 5. The number of pyridine rings is 1. The molecule has 1 fully saturated rings. The molecule has 138 valence electrons. The quantitative estimate of drug-likeness (QED) is 0.825. The number of ether oxygens (including phenoxy) is 1. The molecule has 0 aliphatic carbocycles. The highest BCUT2D eigenvalue weighted by Crippen LogP contribution is 2.30. The maximum Gasteiger partial charge on any atom is 0.255 e. The lowest BCUT2D eigenvalue weighted by Gasteiger charge is -2.32. The summed E-state index contributed by atoms with van der Waals surface area (Å²) in [5.41, 5.74) is 3.80. The van der Waals surface area contributed by atoms with Crippen LogP contribution in [0.3, 0.4) is 0 Å². The standard InChI is InChI=1S/C20H26N4O2/c1-4-26-13-17-11-22-15(3)23-19(17)16-6-9-24(10-7-16)20(25)18-12-21-8-5-14(18)2/h5,8,11-12,16H,4,6-7,9-10,13H2,1-3H3. The van der Waals surface area contributed by atoms with Gasteiger partial charge in [0.25, 0.3) is 5.91 Å². The summed E-state index contributed by atoms with van der Waals surface area (Å²) in [6.07, 6.45) is 7.07. The van der Waals surface area contributed by atoms with Crippen molar-refractivity contribution in [3.63, 3.8) is 0 Å². The Balaban J connectivity index is 1.70. The lowest BCUT2D eigenvalue weighted by Crippen LogP contribution is -2.38. The van der Waals surface area contributed by atoms with E-state index in [1.54, 1.807) is 12.4 Å². The van der Waals surface area contributed by atoms with Crippen LogP contribution in [0.1, 0.15) is 58.7 Å². The number of amides is 1. The highest BCUT2D eigenvalue weighted by molar-refractivity contribution is 5.95. The van der Waals surface area contributed by atoms with E-state index in [0.29, 0.717) is 24.7 Å². The molecular formula is C20H26N4O2. The molecule has 1 aliphatic heterocycles. The first-order valence-electron chi connectivity index (χ1n) is 9.20. The molecular weight excluding hydrogens is 328 g/mol. The number of likely N-dealkylation sites (tertiary alicyclic amines) is 1. The molecule has 1 amide bonds. The highest BCUT2D eigenvalue weighted by Gasteiger charge is 2.27. The first kappa shape index (κ1) is 18.5. The largest absolute Gasteiger partial charge is 0.377 e. The third-order valence-corrected chi connectivity index (χ3v) is 4.92. The molecule has 0 radical (unpaired) electrons. The molecule has 6 heteroatoms. The Bertz CT molecular complexity index is 770. The molecule has 3 rings (SSSR count). The van der Waals surface area contributed by atoms with Gasteiger partial charge >= 0.3 is 0 Å². The van der Waals surface area contributed by atoms with Crippen molar-refractivity contribution in [3.05, 3.63) is 52.9 Å². The van der Waals surface area contributed by atoms with Gasteiger partial charge in [0, 0.05) is 49.8 Å². The maximum atomic E-state index is 12.8. The van der Waals surface area contributed by atoms with Gasteiger partial charge in [-0.25, -0.2) is 9.97 Å². The summed E-state index contributed by atoms with van der Waals surface area (Å²) in [5.74, 6) is 1.19. The van der Waals surface area contributed by atoms with Crippen LogP contribution < -0.4 is 0 Å². The van der Waals surface area contributed by atoms with Crippen LogP contribution >= 0.6 is 0 Å². The average molecular weight is 354 g/mol. The zero-order valence-electron chi connectivity index (χ0n) is 15.7. The molecule has 0 spiro atoms. The Labute approximate surface area is 154 Å². The summed E-state index contributed by atoms with van der Waals surface area (Å²) in [5, 5.41) is 0. The van der Waals surface area contributed by atoms with Crippen LogP contribution in [0.2, 0.25) is 0 Å². The van der Waals surface area contributed by atoms with Crippen LogP contribution in [0, 0.1) is 13.8 Å². The molecule has 0 saturated carbocycles. The Morgan fingerprint density at radius 1 is 1.27 bits per heavy atom. The van der Waals surface area contributed by atoms with Crippen molar-refractivity contribution in [2.75, 3.05) is 19.7 Å². The molecule has 1 aliphatic rings. The fourth-order valence-electron chi connectivity index (χ4n) is 3.40. The number of carbonyl (C=O) groups is 1. The Morgan fingerprint density at radius 2 is 2.04 bits per heavy atom. The number of aromatic nitrogens is 3. The van der Waals surface area contributed by atoms with Gasteiger partial charge in [-0.2, -0.15) is 0 Å². The Kier molecular flexibility index (Phi) is 5.93. The highest BCUT2D eigenvalue weighted by atomic mass is 16.5. The molecule has 2 aromatic rings. The first-order chi connectivity index (χ1) is 12.6. The molecule has 1 saturated heterocycles. The number of nitrogens with zero attached hydrogens (tertiary/aromatic N) is 4. The van der Waals surface area contributed by atoms with Crippen molar-refractivity contribution < 1.29 is 9.53 Å². The molecule has 26 heavy (non-hydrogen) atoms. The van der Waals surface area contributed by atoms with Gasteiger partial charge in [-0.05, 0) is 45.2 Å². The summed E-state index contributed by atoms with van der Waals surface area (Å²) in [4.78, 5) is 27.8. The second-order valence-electron chi connectivity index (χ2n) is 6.72. The van der Waals surface area contributed by atoms with Gasteiger partial charge in [-0.15, -0.1) is 0 Å². The van der Waals surface area contributed by atoms with E-state index in [1.165, 1.54) is 0 Å². The van der Waals surface area contributed by atoms with E-state index >= 15 is 0 Å². The van der Waals surface area contributed by atoms with Gasteiger partial charge in [-0.1, -0.05) is 0 Å². The number of aryl methyl sites for hydroxylation is 2. The first-order valence-corrected chi connectivity index (χ1v) is 9.20. The summed E-state index contributed by atoms with van der Waals surface area (Å²) in [6, 6.07) is 1.88. The minimum Gasteiger partial charge on any atom is -0.377 e. The van der Waals surface area contributed by atoms with E-state index in [4.69, 9.17) is 4.74 Å². The third-order valence-electron chi connectivity index (χ3n) is 4.92. The van der Waals surface area contributed by atoms with Gasteiger partial charge in [0.05, 0.1) is 17.9 Å². The predicted octanol–water partition coefficient (Wildman–Crippen LogP) is 3.04. The van der Waals surface area contributed by atoms with E-state index in [0.717, 1.165) is 48.6 Å². The second-order valence-corrected chi connectivity index (χ2v) is 6.72. The average Bonchev–Trinajstić information content (AvgIpc) is 2.67. The monoisotopic (exact) mass is 354 g/mol. The van der Waals surface area contributed by atoms with Gasteiger partial charge in [0.2, 0.25) is 0 Å². The van der Waals surface area contributed by atoms with E-state index in [9.17, 15) is 4.79 Å². The minimum atomic E-state index is 0.0717. The van der Waals surface area contributed by atoms with E-state index < -0.39 is 0 Å². The fourth-order valence-corrected chi connectivity index (χ4v) is 3.40. The van der Waals surface area contributed by atoms with Crippen molar-refractivity contribution in [2.45, 2.75) is 46.1 Å². The van der Waals surface area contributed by atoms with Crippen molar-refractivity contribution in [2.24, 2.45) is 0 Å². The van der Waals surface area contributed by atoms with Gasteiger partial charge < -0.3 is 9.64 Å². The fraction of sp³-hybridized carbons (Fsp3) is 0.500. The summed E-state index contributed by atoms with van der Waals surface area (Å²) >= 11 is 0. The molecule has 6 nitrogen and oxygen atoms in total. The molecule has 0 aromatic carbocycles. The van der Waals surface area contributed by atoms with Crippen LogP contribution in [0.4, 0.5) is 0 Å². The second kappa shape index (κ2) is 8.36. The smallest absolute Gasteiger partial charge is 0.255 e. The molecule has 2 aromatic heterocycles. The Morgan fingerprint density at radius 3 is 2.73 bits per heavy atom. The minimum absolute atomic E-state index is 0.0717. The zero-order chi connectivity index (χ0) is 18.5. The molecule has 3 heterocycles. The van der Waals surface area contributed by atoms with E-state index in [-0.39, 0.29) is 5.91 Å². The molecule has 0 N–H and O–H groups in total. The SMILES string of the molecule is CCOCc1cnc(C)nc1C1CCN(C(=O)c2cnccc2C)CC1. The van der Waals surface area contributed by atoms with Gasteiger partial charge in [-0.3, -0.25) is 9.78 Å². The van der Waals surface area contributed by atoms with Crippen LogP contribution in [-0.2, 0) is 11.3 Å². The van der Waals surface area contributed by atoms with Crippen molar-refractivity contribution >= 4 is 5.91 Å². The van der Waals surface area contributed by atoms with Gasteiger partial charge in [0.15, 0.2) is 0 Å². The lowest BCUT2D eigenvalue weighted by atomic mass is 9.90. The van der Waals surface area contributed by atoms with Gasteiger partial charge in [0.1, 0.15) is 5.82 Å². The number of piperidine rings is 1. The summed E-state index contributed by atoms with van der Waals surface area (Å²) in [6.45, 7) is 8.52. The topological polar surface area (TPSA) is 68.2 Å². The number of hydrogen-bond donors (Lipinski definition) is 0. The van der Waals surface area contributed by atoms with Crippen LogP contribution in [0.15, 0.2) is 24.7 Å². The van der Waals surface area contributed by atoms with Crippen molar-refractivity contribution in [1.29, 1.82) is 0 Å². The van der Waals surface area contributed by atoms with Crippen LogP contribution in [-0.4, -0.2) is 45.5 Å². The van der Waals surface area contributed by atoms with Crippen molar-refractivity contribution in [1.82, 2.24) is 19.9 Å². The van der Waals surface area contributed by atoms with E-state index in [2.05, 4.69) is 15.0 Å². The molecule has 0 unspecified atom stereocenters. The predicted molar refractivity (Wildman–Crippen MR) is 99.0 cm³/mol. The summed E-state index contributed by atoms with van der Waals surface area (Å²) in [7, 11) is 0. The number of carbonyl (C=O) groups excluding carboxylic acids is 1. The zero-order valence-corrected chi connectivity index (χ0v) is 15.7. The molecule has 0 atom stereocenters. The maximum absolute atomic E-state index is 12.8. The van der Waals surface area contributed by atoms with Crippen LogP contribution in [0.25, 0.3) is 0 Å². The molecule has 0 bridgehead atoms. The lowest BCUT2D eigenvalue weighted by molar-refractivity contribution is 0.0709. The summed E-state index contributed by atoms with van der Waals surface area (Å²) < 4.78 is 5.57.